The molecule has 0 aromatic heterocycles. The highest BCUT2D eigenvalue weighted by atomic mass is 19.4. The topological polar surface area (TPSA) is 43.1 Å². The number of nitrogens with two attached hydrogens (primary N) is 1. The Morgan fingerprint density at radius 1 is 1.07 bits per heavy atom. The number of hydrogen-bond acceptors (Lipinski definition) is 1. The Balaban J connectivity index is 0. The van der Waals surface area contributed by atoms with Crippen LogP contribution in [0, 0.1) is 0 Å². The molecule has 0 bridgehead atoms. The second-order valence-electron chi connectivity index (χ2n) is 2.92. The zero-order chi connectivity index (χ0) is 11.6. The molecule has 2 nitrogen and oxygen atoms in total. The molecule has 0 fully saturated rings. The van der Waals surface area contributed by atoms with Crippen molar-refractivity contribution in [1.82, 2.24) is 0 Å². The van der Waals surface area contributed by atoms with Gasteiger partial charge in [-0.2, -0.15) is 13.2 Å². The van der Waals surface area contributed by atoms with E-state index in [1.165, 1.54) is 32.1 Å². The molecule has 0 heterocycles. The van der Waals surface area contributed by atoms with Crippen LogP contribution in [0.15, 0.2) is 0 Å². The third-order valence-corrected chi connectivity index (χ3v) is 1.49. The fourth-order valence-electron chi connectivity index (χ4n) is 0.677. The van der Waals surface area contributed by atoms with Crippen molar-refractivity contribution in [2.75, 3.05) is 0 Å². The predicted octanol–water partition coefficient (Wildman–Crippen LogP) is 3.01. The maximum absolute atomic E-state index is 10.7. The molecule has 0 aromatic rings. The molecule has 0 saturated carbocycles. The van der Waals surface area contributed by atoms with Crippen molar-refractivity contribution in [3.63, 3.8) is 0 Å². The SMILES string of the molecule is CCCCCCC.NC(=O)C(F)(F)F. The summed E-state index contributed by atoms with van der Waals surface area (Å²) < 4.78 is 32.1. The van der Waals surface area contributed by atoms with Crippen molar-refractivity contribution < 1.29 is 18.0 Å². The fraction of sp³-hybridized carbons (Fsp3) is 0.889. The summed E-state index contributed by atoms with van der Waals surface area (Å²) in [6, 6.07) is 0. The smallest absolute Gasteiger partial charge is 0.362 e. The van der Waals surface area contributed by atoms with Gasteiger partial charge in [0.1, 0.15) is 0 Å². The van der Waals surface area contributed by atoms with Crippen molar-refractivity contribution in [1.29, 1.82) is 0 Å². The van der Waals surface area contributed by atoms with E-state index >= 15 is 0 Å². The number of primary amides is 1. The van der Waals surface area contributed by atoms with E-state index in [0.717, 1.165) is 0 Å². The van der Waals surface area contributed by atoms with Crippen LogP contribution in [0.2, 0.25) is 0 Å². The number of rotatable bonds is 4. The molecule has 0 aliphatic carbocycles. The van der Waals surface area contributed by atoms with Gasteiger partial charge in [0.15, 0.2) is 0 Å². The molecule has 5 heteroatoms. The summed E-state index contributed by atoms with van der Waals surface area (Å²) in [7, 11) is 0. The summed E-state index contributed by atoms with van der Waals surface area (Å²) in [4.78, 5) is 9.12. The summed E-state index contributed by atoms with van der Waals surface area (Å²) in [6.45, 7) is 4.49. The highest BCUT2D eigenvalue weighted by Crippen LogP contribution is 2.11. The average Bonchev–Trinajstić information content (AvgIpc) is 2.05. The lowest BCUT2D eigenvalue weighted by Gasteiger charge is -1.95. The molecule has 86 valence electrons. The van der Waals surface area contributed by atoms with E-state index in [9.17, 15) is 13.2 Å². The lowest BCUT2D eigenvalue weighted by molar-refractivity contribution is -0.169. The molecule has 0 atom stereocenters. The summed E-state index contributed by atoms with van der Waals surface area (Å²) >= 11 is 0. The zero-order valence-corrected chi connectivity index (χ0v) is 8.66. The Labute approximate surface area is 82.7 Å². The van der Waals surface area contributed by atoms with Crippen LogP contribution >= 0.6 is 0 Å². The second kappa shape index (κ2) is 8.84. The minimum atomic E-state index is -4.86. The van der Waals surface area contributed by atoms with E-state index in [0.29, 0.717) is 0 Å². The zero-order valence-electron chi connectivity index (χ0n) is 8.66. The van der Waals surface area contributed by atoms with E-state index < -0.39 is 12.1 Å². The first kappa shape index (κ1) is 15.7. The number of alkyl halides is 3. The van der Waals surface area contributed by atoms with Gasteiger partial charge in [0, 0.05) is 0 Å². The van der Waals surface area contributed by atoms with Crippen LogP contribution in [0.5, 0.6) is 0 Å². The maximum Gasteiger partial charge on any atom is 0.470 e. The van der Waals surface area contributed by atoms with Gasteiger partial charge in [-0.1, -0.05) is 46.0 Å². The van der Waals surface area contributed by atoms with Crippen LogP contribution < -0.4 is 5.73 Å². The van der Waals surface area contributed by atoms with E-state index in [-0.39, 0.29) is 0 Å². The minimum absolute atomic E-state index is 1.36. The summed E-state index contributed by atoms with van der Waals surface area (Å²) in [5, 5.41) is 0. The highest BCUT2D eigenvalue weighted by Gasteiger charge is 2.35. The van der Waals surface area contributed by atoms with Crippen LogP contribution in [-0.2, 0) is 4.79 Å². The Bertz CT molecular complexity index is 141. The Morgan fingerprint density at radius 3 is 1.50 bits per heavy atom. The third-order valence-electron chi connectivity index (χ3n) is 1.49. The molecule has 0 unspecified atom stereocenters. The quantitative estimate of drug-likeness (QED) is 0.717. The number of carbonyl (C=O) groups excluding carboxylic acids is 1. The van der Waals surface area contributed by atoms with Crippen LogP contribution in [0.1, 0.15) is 46.0 Å². The van der Waals surface area contributed by atoms with Gasteiger partial charge in [0.25, 0.3) is 0 Å². The first-order valence-electron chi connectivity index (χ1n) is 4.72. The molecule has 14 heavy (non-hydrogen) atoms. The van der Waals surface area contributed by atoms with E-state index in [1.807, 2.05) is 0 Å². The van der Waals surface area contributed by atoms with Gasteiger partial charge in [-0.3, -0.25) is 4.79 Å². The number of unbranched alkanes of at least 4 members (excludes halogenated alkanes) is 4. The lowest BCUT2D eigenvalue weighted by Crippen LogP contribution is -2.30. The van der Waals surface area contributed by atoms with Gasteiger partial charge in [-0.15, -0.1) is 0 Å². The van der Waals surface area contributed by atoms with Crippen molar-refractivity contribution >= 4 is 5.91 Å². The van der Waals surface area contributed by atoms with Gasteiger partial charge in [0.05, 0.1) is 0 Å². The molecule has 0 aliphatic heterocycles. The Hall–Kier alpha value is -0.740. The number of halogens is 3. The maximum atomic E-state index is 10.7. The third kappa shape index (κ3) is 13.8. The molecule has 2 N–H and O–H groups in total. The molecule has 0 spiro atoms. The van der Waals surface area contributed by atoms with Crippen molar-refractivity contribution in [2.24, 2.45) is 5.73 Å². The largest absolute Gasteiger partial charge is 0.470 e. The fourth-order valence-corrected chi connectivity index (χ4v) is 0.677. The molecule has 1 amide bonds. The van der Waals surface area contributed by atoms with Gasteiger partial charge in [-0.25, -0.2) is 0 Å². The minimum Gasteiger partial charge on any atom is -0.362 e. The van der Waals surface area contributed by atoms with Gasteiger partial charge in [0.2, 0.25) is 0 Å². The van der Waals surface area contributed by atoms with Crippen LogP contribution in [0.4, 0.5) is 13.2 Å². The van der Waals surface area contributed by atoms with Crippen molar-refractivity contribution in [3.8, 4) is 0 Å². The molecular weight excluding hydrogens is 195 g/mol. The number of carbonyl (C=O) groups is 1. The normalized spacial score (nSPS) is 10.4. The lowest BCUT2D eigenvalue weighted by atomic mass is 10.2. The van der Waals surface area contributed by atoms with E-state index in [4.69, 9.17) is 4.79 Å². The monoisotopic (exact) mass is 213 g/mol. The van der Waals surface area contributed by atoms with E-state index in [1.54, 1.807) is 0 Å². The van der Waals surface area contributed by atoms with E-state index in [2.05, 4.69) is 19.6 Å². The van der Waals surface area contributed by atoms with Crippen LogP contribution in [0.3, 0.4) is 0 Å². The molecule has 0 radical (unpaired) electrons. The summed E-state index contributed by atoms with van der Waals surface area (Å²) in [5.41, 5.74) is 3.81. The van der Waals surface area contributed by atoms with Crippen molar-refractivity contribution in [2.45, 2.75) is 52.1 Å². The van der Waals surface area contributed by atoms with Gasteiger partial charge < -0.3 is 5.73 Å². The molecule has 0 aromatic carbocycles. The molecule has 0 aliphatic rings. The summed E-state index contributed by atoms with van der Waals surface area (Å²) in [5.74, 6) is -2.26. The van der Waals surface area contributed by atoms with Gasteiger partial charge in [-0.05, 0) is 0 Å². The first-order valence-corrected chi connectivity index (χ1v) is 4.72. The van der Waals surface area contributed by atoms with Crippen molar-refractivity contribution in [3.05, 3.63) is 0 Å². The highest BCUT2D eigenvalue weighted by molar-refractivity contribution is 5.79. The standard InChI is InChI=1S/C7H16.C2H2F3NO/c1-3-5-7-6-4-2;3-2(4,5)1(6)7/h3-7H2,1-2H3;(H2,6,7). The Kier molecular flexibility index (Phi) is 9.93. The second-order valence-corrected chi connectivity index (χ2v) is 2.92. The Morgan fingerprint density at radius 2 is 1.36 bits per heavy atom. The first-order chi connectivity index (χ1) is 6.36. The number of hydrogen-bond donors (Lipinski definition) is 1. The predicted molar refractivity (Wildman–Crippen MR) is 49.7 cm³/mol. The summed E-state index contributed by atoms with van der Waals surface area (Å²) in [6.07, 6.45) is 2.15. The molecule has 0 rings (SSSR count). The number of amides is 1. The average molecular weight is 213 g/mol. The van der Waals surface area contributed by atoms with Crippen LogP contribution in [-0.4, -0.2) is 12.1 Å². The molecule has 0 saturated heterocycles. The van der Waals surface area contributed by atoms with Crippen LogP contribution in [0.25, 0.3) is 0 Å². The van der Waals surface area contributed by atoms with Gasteiger partial charge >= 0.3 is 12.1 Å². The molecular formula is C9H18F3NO.